The lowest BCUT2D eigenvalue weighted by Gasteiger charge is -2.21. The second-order valence-electron chi connectivity index (χ2n) is 9.23. The van der Waals surface area contributed by atoms with Gasteiger partial charge in [-0.15, -0.1) is 0 Å². The van der Waals surface area contributed by atoms with Crippen LogP contribution in [-0.4, -0.2) is 28.1 Å². The molecule has 0 spiro atoms. The average Bonchev–Trinajstić information content (AvgIpc) is 3.02. The number of hydrogen-bond acceptors (Lipinski definition) is 4. The van der Waals surface area contributed by atoms with E-state index in [4.69, 9.17) is 4.74 Å². The van der Waals surface area contributed by atoms with Crippen LogP contribution in [0.1, 0.15) is 104 Å². The van der Waals surface area contributed by atoms with Gasteiger partial charge in [0.2, 0.25) is 0 Å². The number of carbonyl (C=O) groups is 3. The highest BCUT2D eigenvalue weighted by Crippen LogP contribution is 2.40. The lowest BCUT2D eigenvalue weighted by Crippen LogP contribution is -2.19. The SMILES string of the molecule is CCCCCCCC(=O)CC[C@@H]1C(C/C=C\CCCC(=O)OC(C)C)C(=O)C[C@H]1CI. The molecule has 0 aromatic rings. The Labute approximate surface area is 203 Å². The summed E-state index contributed by atoms with van der Waals surface area (Å²) in [6.07, 6.45) is 15.6. The molecule has 5 heteroatoms. The van der Waals surface area contributed by atoms with E-state index < -0.39 is 0 Å². The molecule has 1 aliphatic carbocycles. The fourth-order valence-electron chi connectivity index (χ4n) is 4.47. The molecule has 0 aromatic heterocycles. The van der Waals surface area contributed by atoms with Crippen molar-refractivity contribution in [2.75, 3.05) is 4.43 Å². The fourth-order valence-corrected chi connectivity index (χ4v) is 5.43. The van der Waals surface area contributed by atoms with Crippen molar-refractivity contribution in [2.24, 2.45) is 17.8 Å². The van der Waals surface area contributed by atoms with Crippen LogP contribution in [-0.2, 0) is 19.1 Å². The standard InChI is InChI=1S/C26H43IO4/c1-4-5-6-7-10-13-22(28)16-17-23-21(19-27)18-25(29)24(23)14-11-8-9-12-15-26(30)31-20(2)3/h8,11,20-21,23-24H,4-7,9-10,12-19H2,1-3H3/b11-8-/t21-,23-,24?/m0/s1. The summed E-state index contributed by atoms with van der Waals surface area (Å²) in [6.45, 7) is 5.92. The number of hydrogen-bond donors (Lipinski definition) is 0. The van der Waals surface area contributed by atoms with Gasteiger partial charge in [-0.3, -0.25) is 14.4 Å². The van der Waals surface area contributed by atoms with Crippen LogP contribution in [0, 0.1) is 17.8 Å². The molecule has 0 amide bonds. The smallest absolute Gasteiger partial charge is 0.306 e. The second kappa shape index (κ2) is 16.8. The zero-order valence-electron chi connectivity index (χ0n) is 19.9. The number of ketones is 2. The van der Waals surface area contributed by atoms with Crippen molar-refractivity contribution in [2.45, 2.75) is 110 Å². The van der Waals surface area contributed by atoms with E-state index in [1.807, 2.05) is 13.8 Å². The second-order valence-corrected chi connectivity index (χ2v) is 10.1. The van der Waals surface area contributed by atoms with E-state index in [2.05, 4.69) is 41.7 Å². The van der Waals surface area contributed by atoms with Crippen molar-refractivity contribution < 1.29 is 19.1 Å². The van der Waals surface area contributed by atoms with Crippen molar-refractivity contribution in [3.05, 3.63) is 12.2 Å². The van der Waals surface area contributed by atoms with E-state index in [-0.39, 0.29) is 18.0 Å². The molecule has 0 bridgehead atoms. The number of unbranched alkanes of at least 4 members (excludes halogenated alkanes) is 5. The number of allylic oxidation sites excluding steroid dienone is 2. The summed E-state index contributed by atoms with van der Waals surface area (Å²) in [5.74, 6) is 1.39. The Kier molecular flexibility index (Phi) is 15.4. The van der Waals surface area contributed by atoms with Crippen molar-refractivity contribution in [3.63, 3.8) is 0 Å². The molecule has 0 radical (unpaired) electrons. The van der Waals surface area contributed by atoms with Gasteiger partial charge in [-0.2, -0.15) is 0 Å². The molecule has 1 aliphatic rings. The molecule has 0 saturated heterocycles. The quantitative estimate of drug-likeness (QED) is 0.0647. The van der Waals surface area contributed by atoms with Crippen LogP contribution in [0.3, 0.4) is 0 Å². The molecule has 1 saturated carbocycles. The molecule has 3 atom stereocenters. The molecule has 1 fully saturated rings. The monoisotopic (exact) mass is 546 g/mol. The van der Waals surface area contributed by atoms with Crippen molar-refractivity contribution in [3.8, 4) is 0 Å². The van der Waals surface area contributed by atoms with Gasteiger partial charge in [0, 0.05) is 36.0 Å². The van der Waals surface area contributed by atoms with Crippen LogP contribution in [0.4, 0.5) is 0 Å². The van der Waals surface area contributed by atoms with Crippen molar-refractivity contribution in [1.29, 1.82) is 0 Å². The van der Waals surface area contributed by atoms with Gasteiger partial charge >= 0.3 is 5.97 Å². The van der Waals surface area contributed by atoms with E-state index in [1.165, 1.54) is 19.3 Å². The third-order valence-electron chi connectivity index (χ3n) is 6.19. The Hall–Kier alpha value is -0.720. The first kappa shape index (κ1) is 28.3. The number of esters is 1. The molecule has 0 heterocycles. The number of halogens is 1. The number of Topliss-reactive ketones (excluding diaryl/α,β-unsaturated/α-hetero) is 2. The Bertz CT molecular complexity index is 570. The van der Waals surface area contributed by atoms with Crippen molar-refractivity contribution in [1.82, 2.24) is 0 Å². The predicted molar refractivity (Wildman–Crippen MR) is 135 cm³/mol. The molecule has 4 nitrogen and oxygen atoms in total. The number of carbonyl (C=O) groups excluding carboxylic acids is 3. The van der Waals surface area contributed by atoms with E-state index in [0.29, 0.717) is 49.1 Å². The molecule has 1 unspecified atom stereocenters. The minimum Gasteiger partial charge on any atom is -0.463 e. The van der Waals surface area contributed by atoms with Gasteiger partial charge in [-0.25, -0.2) is 0 Å². The largest absolute Gasteiger partial charge is 0.463 e. The third kappa shape index (κ3) is 12.2. The van der Waals surface area contributed by atoms with Gasteiger partial charge in [-0.05, 0) is 57.8 Å². The van der Waals surface area contributed by atoms with E-state index >= 15 is 0 Å². The van der Waals surface area contributed by atoms with Crippen LogP contribution >= 0.6 is 22.6 Å². The Morgan fingerprint density at radius 3 is 2.48 bits per heavy atom. The lowest BCUT2D eigenvalue weighted by atomic mass is 9.83. The maximum absolute atomic E-state index is 12.6. The Morgan fingerprint density at radius 1 is 1.06 bits per heavy atom. The Morgan fingerprint density at radius 2 is 1.81 bits per heavy atom. The van der Waals surface area contributed by atoms with Gasteiger partial charge in [0.25, 0.3) is 0 Å². The van der Waals surface area contributed by atoms with Crippen molar-refractivity contribution >= 4 is 40.1 Å². The van der Waals surface area contributed by atoms with Gasteiger partial charge in [0.1, 0.15) is 11.6 Å². The molecule has 0 N–H and O–H groups in total. The Balaban J connectivity index is 2.39. The van der Waals surface area contributed by atoms with Crippen LogP contribution in [0.15, 0.2) is 12.2 Å². The minimum atomic E-state index is -0.144. The molecule has 178 valence electrons. The molecular formula is C26H43IO4. The summed E-state index contributed by atoms with van der Waals surface area (Å²) in [6, 6.07) is 0. The van der Waals surface area contributed by atoms with Gasteiger partial charge in [0.15, 0.2) is 0 Å². The molecule has 0 aliphatic heterocycles. The summed E-state index contributed by atoms with van der Waals surface area (Å²) < 4.78 is 6.13. The summed E-state index contributed by atoms with van der Waals surface area (Å²) >= 11 is 2.39. The molecular weight excluding hydrogens is 503 g/mol. The molecule has 1 rings (SSSR count). The summed E-state index contributed by atoms with van der Waals surface area (Å²) in [4.78, 5) is 36.5. The number of ether oxygens (including phenoxy) is 1. The van der Waals surface area contributed by atoms with Gasteiger partial charge in [-0.1, -0.05) is 67.3 Å². The highest BCUT2D eigenvalue weighted by atomic mass is 127. The summed E-state index contributed by atoms with van der Waals surface area (Å²) in [7, 11) is 0. The minimum absolute atomic E-state index is 0.0549. The maximum atomic E-state index is 12.6. The van der Waals surface area contributed by atoms with E-state index in [9.17, 15) is 14.4 Å². The van der Waals surface area contributed by atoms with Gasteiger partial charge < -0.3 is 4.74 Å². The fraction of sp³-hybridized carbons (Fsp3) is 0.808. The topological polar surface area (TPSA) is 60.4 Å². The van der Waals surface area contributed by atoms with E-state index in [1.54, 1.807) is 0 Å². The number of alkyl halides is 1. The first-order valence-corrected chi connectivity index (χ1v) is 13.9. The highest BCUT2D eigenvalue weighted by Gasteiger charge is 2.40. The highest BCUT2D eigenvalue weighted by molar-refractivity contribution is 14.1. The van der Waals surface area contributed by atoms with E-state index in [0.717, 1.165) is 43.0 Å². The van der Waals surface area contributed by atoms with Crippen LogP contribution in [0.2, 0.25) is 0 Å². The first-order chi connectivity index (χ1) is 14.9. The molecule has 0 aromatic carbocycles. The van der Waals surface area contributed by atoms with Gasteiger partial charge in [0.05, 0.1) is 6.10 Å². The van der Waals surface area contributed by atoms with Crippen LogP contribution in [0.25, 0.3) is 0 Å². The first-order valence-electron chi connectivity index (χ1n) is 12.3. The normalized spacial score (nSPS) is 21.3. The summed E-state index contributed by atoms with van der Waals surface area (Å²) in [5.41, 5.74) is 0. The zero-order valence-corrected chi connectivity index (χ0v) is 22.0. The zero-order chi connectivity index (χ0) is 23.1. The lowest BCUT2D eigenvalue weighted by molar-refractivity contribution is -0.147. The summed E-state index contributed by atoms with van der Waals surface area (Å²) in [5, 5.41) is 0. The average molecular weight is 547 g/mol. The van der Waals surface area contributed by atoms with Crippen LogP contribution < -0.4 is 0 Å². The number of rotatable bonds is 17. The third-order valence-corrected chi connectivity index (χ3v) is 7.32. The predicted octanol–water partition coefficient (Wildman–Crippen LogP) is 7.02. The maximum Gasteiger partial charge on any atom is 0.306 e. The molecule has 31 heavy (non-hydrogen) atoms. The van der Waals surface area contributed by atoms with Crippen LogP contribution in [0.5, 0.6) is 0 Å².